The van der Waals surface area contributed by atoms with Gasteiger partial charge in [-0.1, -0.05) is 41.9 Å². The standard InChI is InChI=1S/C23H24BrNO3/c1-23(2)11-17-21(18(26)12-23)20(13-5-7-14(24)8-6-13)22-16(25-17)9-15(27-3)10-19(22)28-4/h5-10,20,25H,11-12H2,1-4H3/t20-/m0/s1. The predicted octanol–water partition coefficient (Wildman–Crippen LogP) is 5.67. The van der Waals surface area contributed by atoms with Gasteiger partial charge in [0, 0.05) is 51.5 Å². The van der Waals surface area contributed by atoms with Crippen molar-refractivity contribution in [3.63, 3.8) is 0 Å². The average Bonchev–Trinajstić information content (AvgIpc) is 2.65. The molecule has 2 aliphatic rings. The fraction of sp³-hybridized carbons (Fsp3) is 0.348. The number of halogens is 1. The Morgan fingerprint density at radius 2 is 1.79 bits per heavy atom. The van der Waals surface area contributed by atoms with Gasteiger partial charge in [0.25, 0.3) is 0 Å². The van der Waals surface area contributed by atoms with E-state index >= 15 is 0 Å². The topological polar surface area (TPSA) is 47.6 Å². The number of fused-ring (bicyclic) bond motifs is 1. The van der Waals surface area contributed by atoms with Crippen LogP contribution in [0.1, 0.15) is 43.7 Å². The zero-order valence-corrected chi connectivity index (χ0v) is 18.1. The number of carbonyl (C=O) groups excluding carboxylic acids is 1. The SMILES string of the molecule is COc1cc2c(c(OC)c1)[C@@H](c1ccc(Br)cc1)C1=C(CC(C)(C)CC1=O)N2. The Labute approximate surface area is 174 Å². The van der Waals surface area contributed by atoms with E-state index in [2.05, 4.69) is 47.2 Å². The lowest BCUT2D eigenvalue weighted by Crippen LogP contribution is -2.34. The van der Waals surface area contributed by atoms with E-state index in [-0.39, 0.29) is 17.1 Å². The van der Waals surface area contributed by atoms with Crippen molar-refractivity contribution in [1.82, 2.24) is 0 Å². The Kier molecular flexibility index (Phi) is 4.74. The van der Waals surface area contributed by atoms with Gasteiger partial charge in [0.15, 0.2) is 5.78 Å². The summed E-state index contributed by atoms with van der Waals surface area (Å²) in [6.07, 6.45) is 1.38. The van der Waals surface area contributed by atoms with Crippen LogP contribution in [0.3, 0.4) is 0 Å². The van der Waals surface area contributed by atoms with Gasteiger partial charge in [-0.2, -0.15) is 0 Å². The van der Waals surface area contributed by atoms with Crippen LogP contribution >= 0.6 is 15.9 Å². The van der Waals surface area contributed by atoms with Crippen LogP contribution in [-0.4, -0.2) is 20.0 Å². The van der Waals surface area contributed by atoms with Crippen LogP contribution < -0.4 is 14.8 Å². The van der Waals surface area contributed by atoms with Crippen molar-refractivity contribution in [2.45, 2.75) is 32.6 Å². The second-order valence-electron chi connectivity index (χ2n) is 8.23. The first-order valence-corrected chi connectivity index (χ1v) is 10.2. The van der Waals surface area contributed by atoms with Gasteiger partial charge in [0.1, 0.15) is 11.5 Å². The summed E-state index contributed by atoms with van der Waals surface area (Å²) in [5.74, 6) is 1.49. The number of benzene rings is 2. The first kappa shape index (κ1) is 19.1. The normalized spacial score (nSPS) is 20.2. The largest absolute Gasteiger partial charge is 0.497 e. The molecule has 0 unspecified atom stereocenters. The zero-order chi connectivity index (χ0) is 20.1. The van der Waals surface area contributed by atoms with Crippen LogP contribution in [0.4, 0.5) is 5.69 Å². The minimum absolute atomic E-state index is 0.0619. The Morgan fingerprint density at radius 1 is 1.07 bits per heavy atom. The summed E-state index contributed by atoms with van der Waals surface area (Å²) >= 11 is 3.51. The molecule has 0 bridgehead atoms. The molecule has 0 saturated carbocycles. The van der Waals surface area contributed by atoms with E-state index in [0.29, 0.717) is 6.42 Å². The number of methoxy groups -OCH3 is 2. The highest BCUT2D eigenvalue weighted by atomic mass is 79.9. The lowest BCUT2D eigenvalue weighted by atomic mass is 9.68. The van der Waals surface area contributed by atoms with Crippen molar-refractivity contribution in [3.05, 3.63) is 63.3 Å². The lowest BCUT2D eigenvalue weighted by molar-refractivity contribution is -0.118. The predicted molar refractivity (Wildman–Crippen MR) is 114 cm³/mol. The number of allylic oxidation sites excluding steroid dienone is 2. The Balaban J connectivity index is 1.98. The highest BCUT2D eigenvalue weighted by Gasteiger charge is 2.42. The smallest absolute Gasteiger partial charge is 0.162 e. The van der Waals surface area contributed by atoms with Gasteiger partial charge in [-0.25, -0.2) is 0 Å². The molecule has 4 rings (SSSR count). The van der Waals surface area contributed by atoms with E-state index in [1.807, 2.05) is 24.3 Å². The Morgan fingerprint density at radius 3 is 2.43 bits per heavy atom. The van der Waals surface area contributed by atoms with Gasteiger partial charge >= 0.3 is 0 Å². The van der Waals surface area contributed by atoms with Crippen molar-refractivity contribution >= 4 is 27.4 Å². The quantitative estimate of drug-likeness (QED) is 0.666. The molecule has 28 heavy (non-hydrogen) atoms. The molecule has 146 valence electrons. The van der Waals surface area contributed by atoms with Crippen molar-refractivity contribution in [2.24, 2.45) is 5.41 Å². The minimum Gasteiger partial charge on any atom is -0.497 e. The van der Waals surface area contributed by atoms with Gasteiger partial charge in [-0.05, 0) is 29.5 Å². The molecule has 1 heterocycles. The molecule has 4 nitrogen and oxygen atoms in total. The average molecular weight is 442 g/mol. The highest BCUT2D eigenvalue weighted by molar-refractivity contribution is 9.10. The Hall–Kier alpha value is -2.27. The zero-order valence-electron chi connectivity index (χ0n) is 16.6. The maximum Gasteiger partial charge on any atom is 0.162 e. The fourth-order valence-corrected chi connectivity index (χ4v) is 4.63. The van der Waals surface area contributed by atoms with Gasteiger partial charge in [0.2, 0.25) is 0 Å². The van der Waals surface area contributed by atoms with Crippen LogP contribution in [0.2, 0.25) is 0 Å². The number of hydrogen-bond acceptors (Lipinski definition) is 4. The number of nitrogens with one attached hydrogen (secondary N) is 1. The first-order valence-electron chi connectivity index (χ1n) is 9.37. The van der Waals surface area contributed by atoms with E-state index in [0.717, 1.165) is 50.5 Å². The molecule has 5 heteroatoms. The van der Waals surface area contributed by atoms with Crippen LogP contribution in [0.25, 0.3) is 0 Å². The van der Waals surface area contributed by atoms with E-state index in [1.54, 1.807) is 14.2 Å². The van der Waals surface area contributed by atoms with Gasteiger partial charge < -0.3 is 14.8 Å². The molecule has 1 N–H and O–H groups in total. The molecule has 1 aliphatic carbocycles. The van der Waals surface area contributed by atoms with Crippen molar-refractivity contribution in [2.75, 3.05) is 19.5 Å². The maximum atomic E-state index is 13.3. The third kappa shape index (κ3) is 3.22. The molecule has 0 radical (unpaired) electrons. The molecule has 0 fully saturated rings. The summed E-state index contributed by atoms with van der Waals surface area (Å²) in [6, 6.07) is 12.1. The summed E-state index contributed by atoms with van der Waals surface area (Å²) < 4.78 is 12.2. The van der Waals surface area contributed by atoms with Gasteiger partial charge in [0.05, 0.1) is 14.2 Å². The van der Waals surface area contributed by atoms with Crippen molar-refractivity contribution in [3.8, 4) is 11.5 Å². The number of carbonyl (C=O) groups is 1. The van der Waals surface area contributed by atoms with Crippen LogP contribution in [0.5, 0.6) is 11.5 Å². The highest BCUT2D eigenvalue weighted by Crippen LogP contribution is 2.52. The number of hydrogen-bond donors (Lipinski definition) is 1. The van der Waals surface area contributed by atoms with E-state index in [1.165, 1.54) is 0 Å². The lowest BCUT2D eigenvalue weighted by Gasteiger charge is -2.40. The second kappa shape index (κ2) is 6.96. The molecule has 2 aromatic rings. The Bertz CT molecular complexity index is 976. The summed E-state index contributed by atoms with van der Waals surface area (Å²) in [7, 11) is 3.30. The monoisotopic (exact) mass is 441 g/mol. The minimum atomic E-state index is -0.163. The molecule has 2 aromatic carbocycles. The number of Topliss-reactive ketones (excluding diaryl/α,β-unsaturated/α-hetero) is 1. The fourth-order valence-electron chi connectivity index (χ4n) is 4.37. The number of rotatable bonds is 3. The van der Waals surface area contributed by atoms with Crippen LogP contribution in [-0.2, 0) is 4.79 Å². The van der Waals surface area contributed by atoms with Crippen LogP contribution in [0.15, 0.2) is 52.1 Å². The summed E-state index contributed by atoms with van der Waals surface area (Å²) in [5.41, 5.74) is 4.81. The van der Waals surface area contributed by atoms with Gasteiger partial charge in [-0.15, -0.1) is 0 Å². The van der Waals surface area contributed by atoms with Crippen molar-refractivity contribution in [1.29, 1.82) is 0 Å². The molecule has 1 aliphatic heterocycles. The van der Waals surface area contributed by atoms with E-state index in [9.17, 15) is 4.79 Å². The summed E-state index contributed by atoms with van der Waals surface area (Å²) in [5, 5.41) is 3.54. The van der Waals surface area contributed by atoms with Crippen LogP contribution in [0, 0.1) is 5.41 Å². The summed E-state index contributed by atoms with van der Waals surface area (Å²) in [4.78, 5) is 13.3. The molecule has 1 atom stereocenters. The van der Waals surface area contributed by atoms with Crippen molar-refractivity contribution < 1.29 is 14.3 Å². The molecular weight excluding hydrogens is 418 g/mol. The number of anilines is 1. The van der Waals surface area contributed by atoms with Gasteiger partial charge in [-0.3, -0.25) is 4.79 Å². The molecule has 0 saturated heterocycles. The molecular formula is C23H24BrNO3. The van der Waals surface area contributed by atoms with E-state index < -0.39 is 0 Å². The number of ether oxygens (including phenoxy) is 2. The third-order valence-electron chi connectivity index (χ3n) is 5.56. The third-order valence-corrected chi connectivity index (χ3v) is 6.09. The number of ketones is 1. The molecule has 0 aromatic heterocycles. The molecule has 0 amide bonds. The first-order chi connectivity index (χ1) is 13.3. The van der Waals surface area contributed by atoms with E-state index in [4.69, 9.17) is 9.47 Å². The second-order valence-corrected chi connectivity index (χ2v) is 9.15. The maximum absolute atomic E-state index is 13.3. The molecule has 0 spiro atoms. The summed E-state index contributed by atoms with van der Waals surface area (Å²) in [6.45, 7) is 4.29.